The molecule has 0 fully saturated rings. The third kappa shape index (κ3) is 4.65. The highest BCUT2D eigenvalue weighted by Crippen LogP contribution is 2.35. The quantitative estimate of drug-likeness (QED) is 0.769. The van der Waals surface area contributed by atoms with E-state index in [0.29, 0.717) is 5.56 Å². The minimum Gasteiger partial charge on any atom is -0.341 e. The summed E-state index contributed by atoms with van der Waals surface area (Å²) in [6.45, 7) is 6.28. The van der Waals surface area contributed by atoms with Gasteiger partial charge in [0.15, 0.2) is 0 Å². The Morgan fingerprint density at radius 2 is 1.83 bits per heavy atom. The van der Waals surface area contributed by atoms with E-state index < -0.39 is 6.04 Å². The molecule has 2 amide bonds. The number of hydrogen-bond donors (Lipinski definition) is 2. The lowest BCUT2D eigenvalue weighted by molar-refractivity contribution is -0.123. The lowest BCUT2D eigenvalue weighted by atomic mass is 9.86. The maximum Gasteiger partial charge on any atom is 0.251 e. The molecule has 0 aliphatic heterocycles. The van der Waals surface area contributed by atoms with Crippen LogP contribution in [0.5, 0.6) is 0 Å². The van der Waals surface area contributed by atoms with Crippen LogP contribution in [-0.4, -0.2) is 24.4 Å². The Morgan fingerprint density at radius 1 is 1.14 bits per heavy atom. The van der Waals surface area contributed by atoms with Gasteiger partial charge in [-0.25, -0.2) is 0 Å². The predicted molar refractivity (Wildman–Crippen MR) is 113 cm³/mol. The van der Waals surface area contributed by atoms with Crippen LogP contribution < -0.4 is 10.6 Å². The number of aryl methyl sites for hydroxylation is 1. The first-order valence-electron chi connectivity index (χ1n) is 9.95. The maximum absolute atomic E-state index is 12.9. The average molecular weight is 389 g/mol. The van der Waals surface area contributed by atoms with Gasteiger partial charge in [-0.3, -0.25) is 9.59 Å². The Labute approximate surface area is 172 Å². The number of hydrogen-bond acceptors (Lipinski definition) is 3. The SMILES string of the molecule is CC(C)(C)c1ccc(C(=O)N[C@H](C(=O)NCC#N)[C@@H]2CCc3ccccc32)cc1. The van der Waals surface area contributed by atoms with Gasteiger partial charge in [0.1, 0.15) is 12.6 Å². The third-order valence-corrected chi connectivity index (χ3v) is 5.51. The second kappa shape index (κ2) is 8.48. The standard InChI is InChI=1S/C24H27N3O2/c1-24(2,3)18-11-8-17(9-12-18)22(28)27-21(23(29)26-15-14-25)20-13-10-16-6-4-5-7-19(16)20/h4-9,11-12,20-21H,10,13,15H2,1-3H3,(H,26,29)(H,27,28)/t20-,21+/m1/s1. The molecule has 0 saturated heterocycles. The molecular weight excluding hydrogens is 362 g/mol. The van der Waals surface area contributed by atoms with Crippen LogP contribution in [0, 0.1) is 11.3 Å². The van der Waals surface area contributed by atoms with E-state index in [0.717, 1.165) is 24.0 Å². The molecule has 2 atom stereocenters. The van der Waals surface area contributed by atoms with E-state index in [-0.39, 0.29) is 29.7 Å². The largest absolute Gasteiger partial charge is 0.341 e. The molecule has 1 aliphatic rings. The Kier molecular flexibility index (Phi) is 6.03. The molecule has 0 aromatic heterocycles. The van der Waals surface area contributed by atoms with E-state index in [2.05, 4.69) is 37.5 Å². The van der Waals surface area contributed by atoms with Crippen molar-refractivity contribution in [2.75, 3.05) is 6.54 Å². The summed E-state index contributed by atoms with van der Waals surface area (Å²) in [6, 6.07) is 16.7. The van der Waals surface area contributed by atoms with Crippen molar-refractivity contribution in [1.82, 2.24) is 10.6 Å². The van der Waals surface area contributed by atoms with Crippen molar-refractivity contribution in [2.24, 2.45) is 0 Å². The summed E-state index contributed by atoms with van der Waals surface area (Å²) in [5.74, 6) is -0.720. The molecule has 150 valence electrons. The minimum absolute atomic E-state index is 0.00226. The molecule has 2 aromatic rings. The number of carbonyl (C=O) groups excluding carboxylic acids is 2. The van der Waals surface area contributed by atoms with Crippen molar-refractivity contribution in [3.05, 3.63) is 70.8 Å². The van der Waals surface area contributed by atoms with Gasteiger partial charge >= 0.3 is 0 Å². The Balaban J connectivity index is 1.83. The van der Waals surface area contributed by atoms with E-state index in [9.17, 15) is 9.59 Å². The van der Waals surface area contributed by atoms with Gasteiger partial charge in [-0.1, -0.05) is 57.2 Å². The van der Waals surface area contributed by atoms with Gasteiger partial charge in [-0.2, -0.15) is 5.26 Å². The highest BCUT2D eigenvalue weighted by molar-refractivity contribution is 5.98. The number of rotatable bonds is 5. The fourth-order valence-electron chi connectivity index (χ4n) is 3.87. The zero-order valence-corrected chi connectivity index (χ0v) is 17.2. The molecule has 0 spiro atoms. The number of amides is 2. The molecule has 5 heteroatoms. The van der Waals surface area contributed by atoms with Gasteiger partial charge in [-0.05, 0) is 47.1 Å². The van der Waals surface area contributed by atoms with Crippen molar-refractivity contribution in [3.63, 3.8) is 0 Å². The maximum atomic E-state index is 12.9. The van der Waals surface area contributed by atoms with Crippen LogP contribution in [0.4, 0.5) is 0 Å². The highest BCUT2D eigenvalue weighted by Gasteiger charge is 2.35. The van der Waals surface area contributed by atoms with Gasteiger partial charge in [0.05, 0.1) is 6.07 Å². The molecule has 3 rings (SSSR count). The Morgan fingerprint density at radius 3 is 2.48 bits per heavy atom. The van der Waals surface area contributed by atoms with Crippen LogP contribution in [0.1, 0.15) is 60.2 Å². The second-order valence-corrected chi connectivity index (χ2v) is 8.50. The summed E-state index contributed by atoms with van der Waals surface area (Å²) in [4.78, 5) is 25.7. The number of nitrogens with zero attached hydrogens (tertiary/aromatic N) is 1. The smallest absolute Gasteiger partial charge is 0.251 e. The lowest BCUT2D eigenvalue weighted by Gasteiger charge is -2.25. The van der Waals surface area contributed by atoms with Crippen molar-refractivity contribution in [2.45, 2.75) is 51.0 Å². The summed E-state index contributed by atoms with van der Waals surface area (Å²) in [7, 11) is 0. The van der Waals surface area contributed by atoms with Gasteiger partial charge in [0, 0.05) is 11.5 Å². The van der Waals surface area contributed by atoms with Crippen molar-refractivity contribution < 1.29 is 9.59 Å². The van der Waals surface area contributed by atoms with Crippen LogP contribution in [0.2, 0.25) is 0 Å². The van der Waals surface area contributed by atoms with Crippen LogP contribution in [0.3, 0.4) is 0 Å². The van der Waals surface area contributed by atoms with Gasteiger partial charge < -0.3 is 10.6 Å². The predicted octanol–water partition coefficient (Wildman–Crippen LogP) is 3.45. The second-order valence-electron chi connectivity index (χ2n) is 8.50. The normalized spacial score (nSPS) is 16.4. The lowest BCUT2D eigenvalue weighted by Crippen LogP contribution is -2.49. The highest BCUT2D eigenvalue weighted by atomic mass is 16.2. The minimum atomic E-state index is -0.721. The number of nitriles is 1. The molecular formula is C24H27N3O2. The summed E-state index contributed by atoms with van der Waals surface area (Å²) in [6.07, 6.45) is 1.66. The number of benzene rings is 2. The number of fused-ring (bicyclic) bond motifs is 1. The first-order chi connectivity index (χ1) is 13.8. The van der Waals surface area contributed by atoms with Crippen LogP contribution in [0.25, 0.3) is 0 Å². The molecule has 0 saturated carbocycles. The van der Waals surface area contributed by atoms with E-state index in [1.54, 1.807) is 12.1 Å². The zero-order valence-electron chi connectivity index (χ0n) is 17.2. The van der Waals surface area contributed by atoms with Gasteiger partial charge in [0.25, 0.3) is 5.91 Å². The number of nitrogens with one attached hydrogen (secondary N) is 2. The first kappa shape index (κ1) is 20.6. The van der Waals surface area contributed by atoms with E-state index in [1.165, 1.54) is 5.56 Å². The van der Waals surface area contributed by atoms with Crippen LogP contribution >= 0.6 is 0 Å². The molecule has 2 aromatic carbocycles. The molecule has 0 bridgehead atoms. The molecule has 0 unspecified atom stereocenters. The van der Waals surface area contributed by atoms with Crippen molar-refractivity contribution >= 4 is 11.8 Å². The molecule has 5 nitrogen and oxygen atoms in total. The van der Waals surface area contributed by atoms with Gasteiger partial charge in [0.2, 0.25) is 5.91 Å². The summed E-state index contributed by atoms with van der Waals surface area (Å²) in [5.41, 5.74) is 3.96. The molecule has 0 radical (unpaired) electrons. The first-order valence-corrected chi connectivity index (χ1v) is 9.95. The summed E-state index contributed by atoms with van der Waals surface area (Å²) >= 11 is 0. The Bertz CT molecular complexity index is 936. The Hall–Kier alpha value is -3.13. The zero-order chi connectivity index (χ0) is 21.0. The molecule has 2 N–H and O–H groups in total. The van der Waals surface area contributed by atoms with Crippen molar-refractivity contribution in [1.29, 1.82) is 5.26 Å². The third-order valence-electron chi connectivity index (χ3n) is 5.51. The van der Waals surface area contributed by atoms with Crippen molar-refractivity contribution in [3.8, 4) is 6.07 Å². The average Bonchev–Trinajstić information content (AvgIpc) is 3.13. The monoisotopic (exact) mass is 389 g/mol. The number of carbonyl (C=O) groups is 2. The van der Waals surface area contributed by atoms with Crippen LogP contribution in [-0.2, 0) is 16.6 Å². The molecule has 29 heavy (non-hydrogen) atoms. The van der Waals surface area contributed by atoms with Gasteiger partial charge in [-0.15, -0.1) is 0 Å². The fraction of sp³-hybridized carbons (Fsp3) is 0.375. The summed E-state index contributed by atoms with van der Waals surface area (Å²) < 4.78 is 0. The van der Waals surface area contributed by atoms with Crippen LogP contribution in [0.15, 0.2) is 48.5 Å². The van der Waals surface area contributed by atoms with E-state index in [1.807, 2.05) is 36.4 Å². The topological polar surface area (TPSA) is 82.0 Å². The molecule has 0 heterocycles. The van der Waals surface area contributed by atoms with E-state index in [4.69, 9.17) is 5.26 Å². The van der Waals surface area contributed by atoms with E-state index >= 15 is 0 Å². The fourth-order valence-corrected chi connectivity index (χ4v) is 3.87. The summed E-state index contributed by atoms with van der Waals surface area (Å²) in [5, 5.41) is 14.4. The molecule has 1 aliphatic carbocycles.